The molecular weight excluding hydrogens is 194 g/mol. The average molecular weight is 213 g/mol. The Balaban J connectivity index is 2.57. The fraction of sp³-hybridized carbons (Fsp3) is 0.800. The van der Waals surface area contributed by atoms with E-state index in [2.05, 4.69) is 23.5 Å². The van der Waals surface area contributed by atoms with Crippen molar-refractivity contribution >= 4 is 12.6 Å². The van der Waals surface area contributed by atoms with Gasteiger partial charge >= 0.3 is 0 Å². The van der Waals surface area contributed by atoms with Crippen molar-refractivity contribution in [1.29, 1.82) is 0 Å². The van der Waals surface area contributed by atoms with Gasteiger partial charge in [0.1, 0.15) is 0 Å². The molecule has 0 radical (unpaired) electrons. The van der Waals surface area contributed by atoms with Gasteiger partial charge in [0.25, 0.3) is 0 Å². The third-order valence-electron chi connectivity index (χ3n) is 2.95. The SMILES string of the molecule is C=N[C@@H](CO)C(=O)N1CCN(C)[C@H](C)C1. The lowest BCUT2D eigenvalue weighted by molar-refractivity contribution is -0.135. The molecule has 0 saturated carbocycles. The summed E-state index contributed by atoms with van der Waals surface area (Å²) in [6.07, 6.45) is 0. The summed E-state index contributed by atoms with van der Waals surface area (Å²) in [6, 6.07) is -0.340. The maximum Gasteiger partial charge on any atom is 0.249 e. The number of carbonyl (C=O) groups is 1. The number of aliphatic imine (C=N–C) groups is 1. The lowest BCUT2D eigenvalue weighted by Gasteiger charge is -2.38. The summed E-state index contributed by atoms with van der Waals surface area (Å²) < 4.78 is 0. The molecule has 0 aliphatic carbocycles. The average Bonchev–Trinajstić information content (AvgIpc) is 2.23. The normalized spacial score (nSPS) is 25.0. The number of hydrogen-bond acceptors (Lipinski definition) is 4. The minimum Gasteiger partial charge on any atom is -0.394 e. The molecule has 1 aliphatic rings. The number of likely N-dealkylation sites (N-methyl/N-ethyl adjacent to an activating group) is 1. The smallest absolute Gasteiger partial charge is 0.249 e. The van der Waals surface area contributed by atoms with E-state index in [4.69, 9.17) is 5.11 Å². The van der Waals surface area contributed by atoms with E-state index >= 15 is 0 Å². The van der Waals surface area contributed by atoms with Gasteiger partial charge in [0, 0.05) is 25.7 Å². The topological polar surface area (TPSA) is 56.1 Å². The number of aliphatic hydroxyl groups is 1. The zero-order valence-corrected chi connectivity index (χ0v) is 9.39. The number of hydrogen-bond donors (Lipinski definition) is 1. The molecule has 5 nitrogen and oxygen atoms in total. The highest BCUT2D eigenvalue weighted by molar-refractivity contribution is 5.82. The molecule has 5 heteroatoms. The zero-order valence-electron chi connectivity index (χ0n) is 9.39. The van der Waals surface area contributed by atoms with E-state index in [9.17, 15) is 4.79 Å². The zero-order chi connectivity index (χ0) is 11.4. The van der Waals surface area contributed by atoms with Crippen LogP contribution in [0, 0.1) is 0 Å². The molecule has 0 unspecified atom stereocenters. The molecule has 2 atom stereocenters. The third-order valence-corrected chi connectivity index (χ3v) is 2.95. The van der Waals surface area contributed by atoms with Crippen LogP contribution in [-0.4, -0.2) is 72.9 Å². The summed E-state index contributed by atoms with van der Waals surface area (Å²) in [5.74, 6) is -0.118. The van der Waals surface area contributed by atoms with Crippen molar-refractivity contribution in [2.45, 2.75) is 19.0 Å². The second kappa shape index (κ2) is 5.23. The van der Waals surface area contributed by atoms with Crippen LogP contribution in [0.2, 0.25) is 0 Å². The summed E-state index contributed by atoms with van der Waals surface area (Å²) in [5, 5.41) is 8.95. The largest absolute Gasteiger partial charge is 0.394 e. The van der Waals surface area contributed by atoms with Crippen molar-refractivity contribution in [2.24, 2.45) is 4.99 Å². The Kier molecular flexibility index (Phi) is 4.23. The van der Waals surface area contributed by atoms with Gasteiger partial charge in [0.15, 0.2) is 6.04 Å². The molecule has 0 aromatic carbocycles. The molecule has 1 saturated heterocycles. The Hall–Kier alpha value is -0.940. The van der Waals surface area contributed by atoms with Crippen LogP contribution in [0.4, 0.5) is 0 Å². The summed E-state index contributed by atoms with van der Waals surface area (Å²) in [7, 11) is 2.04. The van der Waals surface area contributed by atoms with Gasteiger partial charge in [-0.25, -0.2) is 0 Å². The van der Waals surface area contributed by atoms with Crippen LogP contribution in [-0.2, 0) is 4.79 Å². The van der Waals surface area contributed by atoms with E-state index in [1.807, 2.05) is 7.05 Å². The molecule has 1 amide bonds. The molecule has 1 N–H and O–H groups in total. The number of nitrogens with zero attached hydrogens (tertiary/aromatic N) is 3. The molecule has 0 spiro atoms. The fourth-order valence-electron chi connectivity index (χ4n) is 1.67. The Morgan fingerprint density at radius 3 is 2.80 bits per heavy atom. The van der Waals surface area contributed by atoms with Gasteiger partial charge < -0.3 is 14.9 Å². The van der Waals surface area contributed by atoms with Crippen LogP contribution in [0.1, 0.15) is 6.92 Å². The number of amides is 1. The Bertz CT molecular complexity index is 245. The molecule has 0 aromatic heterocycles. The quantitative estimate of drug-likeness (QED) is 0.625. The van der Waals surface area contributed by atoms with E-state index in [0.29, 0.717) is 19.1 Å². The Morgan fingerprint density at radius 1 is 1.67 bits per heavy atom. The summed E-state index contributed by atoms with van der Waals surface area (Å²) in [5.41, 5.74) is 0. The van der Waals surface area contributed by atoms with Crippen LogP contribution in [0.5, 0.6) is 0 Å². The van der Waals surface area contributed by atoms with Gasteiger partial charge in [-0.05, 0) is 20.7 Å². The predicted octanol–water partition coefficient (Wildman–Crippen LogP) is -0.790. The summed E-state index contributed by atoms with van der Waals surface area (Å²) >= 11 is 0. The second-order valence-electron chi connectivity index (χ2n) is 3.99. The monoisotopic (exact) mass is 213 g/mol. The molecule has 15 heavy (non-hydrogen) atoms. The van der Waals surface area contributed by atoms with Crippen LogP contribution in [0.3, 0.4) is 0 Å². The molecule has 86 valence electrons. The van der Waals surface area contributed by atoms with Crippen molar-refractivity contribution in [3.63, 3.8) is 0 Å². The lowest BCUT2D eigenvalue weighted by atomic mass is 10.1. The molecule has 1 heterocycles. The lowest BCUT2D eigenvalue weighted by Crippen LogP contribution is -2.54. The first-order chi connectivity index (χ1) is 7.10. The Labute approximate surface area is 90.4 Å². The summed E-state index contributed by atoms with van der Waals surface area (Å²) in [6.45, 7) is 7.39. The molecular formula is C10H19N3O2. The maximum atomic E-state index is 11.8. The van der Waals surface area contributed by atoms with Crippen LogP contribution < -0.4 is 0 Å². The highest BCUT2D eigenvalue weighted by atomic mass is 16.3. The number of carbonyl (C=O) groups excluding carboxylic acids is 1. The van der Waals surface area contributed by atoms with Crippen molar-refractivity contribution in [3.05, 3.63) is 0 Å². The van der Waals surface area contributed by atoms with Crippen LogP contribution >= 0.6 is 0 Å². The van der Waals surface area contributed by atoms with E-state index < -0.39 is 6.04 Å². The van der Waals surface area contributed by atoms with Crippen LogP contribution in [0.25, 0.3) is 0 Å². The van der Waals surface area contributed by atoms with Gasteiger partial charge in [-0.3, -0.25) is 9.79 Å². The molecule has 1 rings (SSSR count). The van der Waals surface area contributed by atoms with E-state index in [1.54, 1.807) is 4.90 Å². The van der Waals surface area contributed by atoms with Crippen molar-refractivity contribution in [1.82, 2.24) is 9.80 Å². The Morgan fingerprint density at radius 2 is 2.33 bits per heavy atom. The summed E-state index contributed by atoms with van der Waals surface area (Å²) in [4.78, 5) is 19.4. The fourth-order valence-corrected chi connectivity index (χ4v) is 1.67. The molecule has 0 bridgehead atoms. The molecule has 1 fully saturated rings. The predicted molar refractivity (Wildman–Crippen MR) is 59.1 cm³/mol. The van der Waals surface area contributed by atoms with E-state index in [1.165, 1.54) is 0 Å². The highest BCUT2D eigenvalue weighted by Gasteiger charge is 2.28. The third kappa shape index (κ3) is 2.76. The second-order valence-corrected chi connectivity index (χ2v) is 3.99. The van der Waals surface area contributed by atoms with Gasteiger partial charge in [-0.1, -0.05) is 0 Å². The highest BCUT2D eigenvalue weighted by Crippen LogP contribution is 2.09. The van der Waals surface area contributed by atoms with Gasteiger partial charge in [-0.2, -0.15) is 0 Å². The van der Waals surface area contributed by atoms with Crippen molar-refractivity contribution in [3.8, 4) is 0 Å². The van der Waals surface area contributed by atoms with E-state index in [-0.39, 0.29) is 12.5 Å². The minimum absolute atomic E-state index is 0.118. The van der Waals surface area contributed by atoms with Gasteiger partial charge in [-0.15, -0.1) is 0 Å². The first kappa shape index (κ1) is 12.1. The molecule has 0 aromatic rings. The number of piperazine rings is 1. The molecule has 1 aliphatic heterocycles. The van der Waals surface area contributed by atoms with Gasteiger partial charge in [0.05, 0.1) is 6.61 Å². The van der Waals surface area contributed by atoms with Gasteiger partial charge in [0.2, 0.25) is 5.91 Å². The van der Waals surface area contributed by atoms with Crippen molar-refractivity contribution in [2.75, 3.05) is 33.3 Å². The number of aliphatic hydroxyl groups excluding tert-OH is 1. The number of rotatable bonds is 3. The standard InChI is InChI=1S/C10H19N3O2/c1-8-6-13(5-4-12(8)3)10(15)9(7-14)11-2/h8-9,14H,2,4-7H2,1,3H3/t8-,9+/m1/s1. The first-order valence-electron chi connectivity index (χ1n) is 5.16. The maximum absolute atomic E-state index is 11.8. The van der Waals surface area contributed by atoms with Crippen molar-refractivity contribution < 1.29 is 9.90 Å². The minimum atomic E-state index is -0.694. The first-order valence-corrected chi connectivity index (χ1v) is 5.16. The van der Waals surface area contributed by atoms with Crippen LogP contribution in [0.15, 0.2) is 4.99 Å². The van der Waals surface area contributed by atoms with E-state index in [0.717, 1.165) is 6.54 Å².